The van der Waals surface area contributed by atoms with E-state index in [-0.39, 0.29) is 0 Å². The van der Waals surface area contributed by atoms with Crippen molar-refractivity contribution in [2.24, 2.45) is 0 Å². The van der Waals surface area contributed by atoms with Crippen LogP contribution in [0.1, 0.15) is 6.42 Å². The van der Waals surface area contributed by atoms with Crippen LogP contribution in [0.5, 0.6) is 0 Å². The number of aromatic amines is 1. The maximum absolute atomic E-state index is 5.35. The molecule has 0 atom stereocenters. The molecule has 7 nitrogen and oxygen atoms in total. The van der Waals surface area contributed by atoms with Crippen molar-refractivity contribution in [3.63, 3.8) is 0 Å². The van der Waals surface area contributed by atoms with Crippen LogP contribution in [0.4, 0.5) is 0 Å². The SMILES string of the molecule is S=c1[nH]nc(-c2cnccn2)n1CCCN1CCOCC1. The molecule has 1 fully saturated rings. The van der Waals surface area contributed by atoms with Gasteiger partial charge in [-0.05, 0) is 18.6 Å². The summed E-state index contributed by atoms with van der Waals surface area (Å²) < 4.78 is 7.96. The van der Waals surface area contributed by atoms with Crippen molar-refractivity contribution in [3.05, 3.63) is 23.4 Å². The van der Waals surface area contributed by atoms with E-state index in [2.05, 4.69) is 25.1 Å². The molecule has 1 aliphatic rings. The Balaban J connectivity index is 1.65. The third-order valence-electron chi connectivity index (χ3n) is 3.51. The molecule has 21 heavy (non-hydrogen) atoms. The zero-order valence-corrected chi connectivity index (χ0v) is 12.6. The lowest BCUT2D eigenvalue weighted by Gasteiger charge is -2.26. The Kier molecular flexibility index (Phi) is 4.69. The van der Waals surface area contributed by atoms with E-state index in [0.717, 1.165) is 57.3 Å². The van der Waals surface area contributed by atoms with Crippen molar-refractivity contribution in [1.82, 2.24) is 29.6 Å². The van der Waals surface area contributed by atoms with E-state index in [9.17, 15) is 0 Å². The highest BCUT2D eigenvalue weighted by molar-refractivity contribution is 7.71. The van der Waals surface area contributed by atoms with Crippen molar-refractivity contribution in [1.29, 1.82) is 0 Å². The first-order chi connectivity index (χ1) is 10.3. The summed E-state index contributed by atoms with van der Waals surface area (Å²) in [5.74, 6) is 0.745. The summed E-state index contributed by atoms with van der Waals surface area (Å²) in [7, 11) is 0. The summed E-state index contributed by atoms with van der Waals surface area (Å²) in [6.45, 7) is 5.53. The fourth-order valence-electron chi connectivity index (χ4n) is 2.41. The maximum atomic E-state index is 5.35. The van der Waals surface area contributed by atoms with E-state index in [1.54, 1.807) is 18.6 Å². The van der Waals surface area contributed by atoms with Gasteiger partial charge in [-0.25, -0.2) is 4.98 Å². The van der Waals surface area contributed by atoms with Crippen LogP contribution in [0.3, 0.4) is 0 Å². The Morgan fingerprint density at radius 3 is 2.86 bits per heavy atom. The molecule has 0 aromatic carbocycles. The first-order valence-electron chi connectivity index (χ1n) is 7.06. The third-order valence-corrected chi connectivity index (χ3v) is 3.82. The largest absolute Gasteiger partial charge is 0.379 e. The van der Waals surface area contributed by atoms with E-state index >= 15 is 0 Å². The minimum Gasteiger partial charge on any atom is -0.379 e. The number of hydrogen-bond acceptors (Lipinski definition) is 6. The lowest BCUT2D eigenvalue weighted by atomic mass is 10.3. The van der Waals surface area contributed by atoms with Crippen LogP contribution in [-0.2, 0) is 11.3 Å². The molecule has 0 bridgehead atoms. The number of morpholine rings is 1. The number of ether oxygens (including phenoxy) is 1. The van der Waals surface area contributed by atoms with Crippen molar-refractivity contribution in [3.8, 4) is 11.5 Å². The van der Waals surface area contributed by atoms with Gasteiger partial charge in [0.15, 0.2) is 10.6 Å². The molecular formula is C13H18N6OS. The summed E-state index contributed by atoms with van der Waals surface area (Å²) in [6, 6.07) is 0. The lowest BCUT2D eigenvalue weighted by molar-refractivity contribution is 0.0369. The molecule has 112 valence electrons. The lowest BCUT2D eigenvalue weighted by Crippen LogP contribution is -2.37. The minimum atomic E-state index is 0.623. The second-order valence-corrected chi connectivity index (χ2v) is 5.29. The van der Waals surface area contributed by atoms with Crippen LogP contribution < -0.4 is 0 Å². The first kappa shape index (κ1) is 14.3. The minimum absolute atomic E-state index is 0.623. The summed E-state index contributed by atoms with van der Waals surface area (Å²) in [4.78, 5) is 10.8. The highest BCUT2D eigenvalue weighted by Gasteiger charge is 2.12. The summed E-state index contributed by atoms with van der Waals surface area (Å²) in [5, 5.41) is 7.10. The molecule has 3 heterocycles. The van der Waals surface area contributed by atoms with Gasteiger partial charge in [0.1, 0.15) is 5.69 Å². The quantitative estimate of drug-likeness (QED) is 0.835. The van der Waals surface area contributed by atoms with Gasteiger partial charge in [-0.3, -0.25) is 19.5 Å². The standard InChI is InChI=1S/C13H18N6OS/c21-13-17-16-12(11-10-14-2-3-15-11)19(13)5-1-4-18-6-8-20-9-7-18/h2-3,10H,1,4-9H2,(H,17,21). The molecule has 0 unspecified atom stereocenters. The van der Waals surface area contributed by atoms with Crippen molar-refractivity contribution in [2.45, 2.75) is 13.0 Å². The molecule has 0 radical (unpaired) electrons. The Labute approximate surface area is 128 Å². The van der Waals surface area contributed by atoms with E-state index < -0.39 is 0 Å². The molecule has 0 amide bonds. The van der Waals surface area contributed by atoms with E-state index in [1.165, 1.54) is 0 Å². The van der Waals surface area contributed by atoms with Gasteiger partial charge in [0.2, 0.25) is 0 Å². The highest BCUT2D eigenvalue weighted by Crippen LogP contribution is 2.13. The number of nitrogens with one attached hydrogen (secondary N) is 1. The zero-order chi connectivity index (χ0) is 14.5. The molecule has 2 aromatic heterocycles. The topological polar surface area (TPSA) is 71.9 Å². The summed E-state index contributed by atoms with van der Waals surface area (Å²) in [6.07, 6.45) is 6.02. The van der Waals surface area contributed by atoms with Crippen molar-refractivity contribution in [2.75, 3.05) is 32.8 Å². The molecule has 0 spiro atoms. The number of aromatic nitrogens is 5. The fourth-order valence-corrected chi connectivity index (χ4v) is 2.64. The van der Waals surface area contributed by atoms with Crippen LogP contribution in [-0.4, -0.2) is 62.5 Å². The number of hydrogen-bond donors (Lipinski definition) is 1. The average Bonchev–Trinajstić information content (AvgIpc) is 2.91. The predicted molar refractivity (Wildman–Crippen MR) is 80.3 cm³/mol. The molecule has 1 saturated heterocycles. The van der Waals surface area contributed by atoms with Gasteiger partial charge in [-0.1, -0.05) is 0 Å². The second kappa shape index (κ2) is 6.88. The Bertz CT molecular complexity index is 619. The van der Waals surface area contributed by atoms with Gasteiger partial charge in [0, 0.05) is 38.6 Å². The number of nitrogens with zero attached hydrogens (tertiary/aromatic N) is 5. The number of H-pyrrole nitrogens is 1. The molecule has 1 N–H and O–H groups in total. The third kappa shape index (κ3) is 3.52. The normalized spacial score (nSPS) is 16.2. The van der Waals surface area contributed by atoms with Gasteiger partial charge < -0.3 is 4.74 Å². The Morgan fingerprint density at radius 2 is 2.10 bits per heavy atom. The van der Waals surface area contributed by atoms with Crippen LogP contribution in [0, 0.1) is 4.77 Å². The Hall–Kier alpha value is -1.64. The van der Waals surface area contributed by atoms with Gasteiger partial charge >= 0.3 is 0 Å². The molecule has 1 aliphatic heterocycles. The van der Waals surface area contributed by atoms with Crippen molar-refractivity contribution >= 4 is 12.2 Å². The average molecular weight is 306 g/mol. The fraction of sp³-hybridized carbons (Fsp3) is 0.538. The van der Waals surface area contributed by atoms with Gasteiger partial charge in [-0.15, -0.1) is 0 Å². The highest BCUT2D eigenvalue weighted by atomic mass is 32.1. The summed E-state index contributed by atoms with van der Waals surface area (Å²) in [5.41, 5.74) is 0.733. The predicted octanol–water partition coefficient (Wildman–Crippen LogP) is 1.12. The van der Waals surface area contributed by atoms with Gasteiger partial charge in [0.25, 0.3) is 0 Å². The monoisotopic (exact) mass is 306 g/mol. The maximum Gasteiger partial charge on any atom is 0.195 e. The van der Waals surface area contributed by atoms with Crippen LogP contribution in [0.15, 0.2) is 18.6 Å². The van der Waals surface area contributed by atoms with Gasteiger partial charge in [-0.2, -0.15) is 5.10 Å². The first-order valence-corrected chi connectivity index (χ1v) is 7.47. The molecule has 0 aliphatic carbocycles. The zero-order valence-electron chi connectivity index (χ0n) is 11.7. The summed E-state index contributed by atoms with van der Waals surface area (Å²) >= 11 is 5.31. The molecule has 2 aromatic rings. The molecule has 3 rings (SSSR count). The molecular weight excluding hydrogens is 288 g/mol. The van der Waals surface area contributed by atoms with E-state index in [0.29, 0.717) is 4.77 Å². The smallest absolute Gasteiger partial charge is 0.195 e. The van der Waals surface area contributed by atoms with Crippen LogP contribution in [0.2, 0.25) is 0 Å². The Morgan fingerprint density at radius 1 is 1.24 bits per heavy atom. The van der Waals surface area contributed by atoms with Crippen LogP contribution in [0.25, 0.3) is 11.5 Å². The number of rotatable bonds is 5. The molecule has 0 saturated carbocycles. The second-order valence-electron chi connectivity index (χ2n) is 4.90. The van der Waals surface area contributed by atoms with E-state index in [1.807, 2.05) is 4.57 Å². The van der Waals surface area contributed by atoms with E-state index in [4.69, 9.17) is 17.0 Å². The van der Waals surface area contributed by atoms with Gasteiger partial charge in [0.05, 0.1) is 19.4 Å². The van der Waals surface area contributed by atoms with Crippen LogP contribution >= 0.6 is 12.2 Å². The van der Waals surface area contributed by atoms with Crippen molar-refractivity contribution < 1.29 is 4.74 Å². The molecule has 8 heteroatoms.